The maximum Gasteiger partial charge on any atom is 0.147 e. The van der Waals surface area contributed by atoms with Crippen molar-refractivity contribution in [1.29, 1.82) is 1.17 Å². The van der Waals surface area contributed by atoms with Crippen LogP contribution in [0.15, 0.2) is 97.1 Å². The van der Waals surface area contributed by atoms with Gasteiger partial charge >= 0.3 is 0 Å². The first-order valence-corrected chi connectivity index (χ1v) is 17.0. The standard InChI is InChI=1S/2C19H20ClN3.ClH/c2*20-16-9-7-15(8-10-16)13-23-18-6-2-1-5-17(18)21-19(23)14-22-11-3-4-12-22;/h2*1-2,5-10H,3-4,11-14H2;1H/i14D2;;/hD. The van der Waals surface area contributed by atoms with Gasteiger partial charge in [0.15, 0.2) is 0 Å². The molecular weight excluding hydrogens is 647 g/mol. The van der Waals surface area contributed by atoms with Crippen molar-refractivity contribution in [2.75, 3.05) is 26.2 Å². The highest BCUT2D eigenvalue weighted by atomic mass is 35.5. The molecule has 244 valence electrons. The lowest BCUT2D eigenvalue weighted by molar-refractivity contribution is 0.318. The highest BCUT2D eigenvalue weighted by Crippen LogP contribution is 2.23. The SMILES string of the molecule is Clc1ccc(Cn2c(CN3CCCC3)nc3ccccc32)cc1.[2H]C([2H])(c1nc2ccccc2n1Cc1ccc(Cl)cc1)N1CCCC1.[2H]Cl. The van der Waals surface area contributed by atoms with E-state index in [-0.39, 0.29) is 0 Å². The molecule has 2 saturated heterocycles. The normalized spacial score (nSPS) is 16.3. The zero-order chi connectivity index (χ0) is 35.1. The lowest BCUT2D eigenvalue weighted by atomic mass is 10.2. The van der Waals surface area contributed by atoms with Crippen LogP contribution in [0.2, 0.25) is 10.0 Å². The summed E-state index contributed by atoms with van der Waals surface area (Å²) in [4.78, 5) is 13.9. The van der Waals surface area contributed by atoms with Crippen LogP contribution in [0, 0.1) is 0 Å². The van der Waals surface area contributed by atoms with Crippen LogP contribution in [-0.4, -0.2) is 56.3 Å². The van der Waals surface area contributed by atoms with Gasteiger partial charge in [-0.15, -0.1) is 12.3 Å². The molecular formula is C38H41Cl3N6. The number of rotatable bonds is 8. The van der Waals surface area contributed by atoms with Crippen molar-refractivity contribution in [3.8, 4) is 0 Å². The molecule has 0 atom stereocenters. The van der Waals surface area contributed by atoms with Crippen LogP contribution >= 0.6 is 35.5 Å². The predicted octanol–water partition coefficient (Wildman–Crippen LogP) is 9.09. The van der Waals surface area contributed by atoms with Crippen LogP contribution in [0.5, 0.6) is 0 Å². The quantitative estimate of drug-likeness (QED) is 0.160. The van der Waals surface area contributed by atoms with Gasteiger partial charge in [-0.25, -0.2) is 9.97 Å². The van der Waals surface area contributed by atoms with E-state index >= 15 is 0 Å². The van der Waals surface area contributed by atoms with Gasteiger partial charge in [-0.1, -0.05) is 71.7 Å². The molecule has 9 heteroatoms. The first kappa shape index (κ1) is 29.7. The fourth-order valence-electron chi connectivity index (χ4n) is 6.40. The Bertz CT molecular complexity index is 1980. The second-order valence-corrected chi connectivity index (χ2v) is 13.0. The maximum absolute atomic E-state index is 8.73. The van der Waals surface area contributed by atoms with E-state index in [9.17, 15) is 0 Å². The van der Waals surface area contributed by atoms with Crippen molar-refractivity contribution in [2.24, 2.45) is 0 Å². The average molecular weight is 691 g/mol. The summed E-state index contributed by atoms with van der Waals surface area (Å²) in [6.07, 6.45) is 4.68. The molecule has 0 N–H and O–H groups in total. The molecule has 2 aromatic heterocycles. The summed E-state index contributed by atoms with van der Waals surface area (Å²) in [5.41, 5.74) is 6.39. The number of imidazole rings is 2. The second kappa shape index (κ2) is 15.7. The van der Waals surface area contributed by atoms with Crippen molar-refractivity contribution >= 4 is 57.6 Å². The summed E-state index contributed by atoms with van der Waals surface area (Å²) in [6, 6.07) is 32.0. The Labute approximate surface area is 297 Å². The number of nitrogens with zero attached hydrogens (tertiary/aromatic N) is 6. The number of likely N-dealkylation sites (tertiary alicyclic amines) is 2. The van der Waals surface area contributed by atoms with Crippen LogP contribution in [0.3, 0.4) is 0 Å². The van der Waals surface area contributed by atoms with Crippen molar-refractivity contribution in [3.05, 3.63) is 130 Å². The molecule has 0 unspecified atom stereocenters. The zero-order valence-corrected chi connectivity index (χ0v) is 28.6. The van der Waals surface area contributed by atoms with E-state index in [1.165, 1.54) is 37.0 Å². The van der Waals surface area contributed by atoms with Crippen LogP contribution in [0.1, 0.15) is 51.2 Å². The number of aromatic nitrogens is 4. The van der Waals surface area contributed by atoms with Gasteiger partial charge in [0.2, 0.25) is 0 Å². The Morgan fingerprint density at radius 2 is 0.979 bits per heavy atom. The summed E-state index contributed by atoms with van der Waals surface area (Å²) in [5, 5.41) is 1.48. The Kier molecular flexibility index (Phi) is 9.91. The summed E-state index contributed by atoms with van der Waals surface area (Å²) in [7, 11) is 0. The van der Waals surface area contributed by atoms with Crippen molar-refractivity contribution < 1.29 is 2.74 Å². The van der Waals surface area contributed by atoms with Crippen molar-refractivity contribution in [3.63, 3.8) is 0 Å². The Hall–Kier alpha value is -3.39. The molecule has 4 aromatic carbocycles. The monoisotopic (exact) mass is 689 g/mol. The minimum Gasteiger partial charge on any atom is -0.322 e. The summed E-state index contributed by atoms with van der Waals surface area (Å²) >= 11 is 15.9. The highest BCUT2D eigenvalue weighted by molar-refractivity contribution is 6.30. The molecule has 2 aliphatic heterocycles. The van der Waals surface area contributed by atoms with E-state index < -0.39 is 6.50 Å². The number of hydrogen-bond acceptors (Lipinski definition) is 4. The van der Waals surface area contributed by atoms with Gasteiger partial charge in [0.25, 0.3) is 0 Å². The molecule has 0 saturated carbocycles. The number of benzene rings is 4. The number of hydrogen-bond donors (Lipinski definition) is 0. The highest BCUT2D eigenvalue weighted by Gasteiger charge is 2.19. The lowest BCUT2D eigenvalue weighted by Gasteiger charge is -2.16. The first-order chi connectivity index (χ1) is 24.3. The second-order valence-electron chi connectivity index (χ2n) is 12.2. The molecule has 6 aromatic rings. The average Bonchev–Trinajstić information content (AvgIpc) is 3.97. The first-order valence-electron chi connectivity index (χ1n) is 17.6. The van der Waals surface area contributed by atoms with Crippen LogP contribution < -0.4 is 0 Å². The van der Waals surface area contributed by atoms with Gasteiger partial charge in [0.1, 0.15) is 12.8 Å². The summed E-state index contributed by atoms with van der Waals surface area (Å²) in [6.45, 7) is 4.67. The molecule has 0 amide bonds. The smallest absolute Gasteiger partial charge is 0.147 e. The molecule has 8 rings (SSSR count). The third kappa shape index (κ3) is 8.19. The van der Waals surface area contributed by atoms with Crippen molar-refractivity contribution in [1.82, 2.24) is 28.9 Å². The fraction of sp³-hybridized carbons (Fsp3) is 0.316. The largest absolute Gasteiger partial charge is 0.322 e. The molecule has 0 radical (unpaired) electrons. The van der Waals surface area contributed by atoms with E-state index in [2.05, 4.69) is 63.2 Å². The minimum absolute atomic E-state index is 0.477. The molecule has 0 bridgehead atoms. The molecule has 6 nitrogen and oxygen atoms in total. The van der Waals surface area contributed by atoms with Gasteiger partial charge in [-0.2, -0.15) is 0 Å². The number of fused-ring (bicyclic) bond motifs is 2. The van der Waals surface area contributed by atoms with Gasteiger partial charge in [-0.3, -0.25) is 9.80 Å². The molecule has 0 spiro atoms. The predicted molar refractivity (Wildman–Crippen MR) is 197 cm³/mol. The zero-order valence-electron chi connectivity index (χ0n) is 29.3. The topological polar surface area (TPSA) is 42.1 Å². The van der Waals surface area contributed by atoms with Gasteiger partial charge in [0.05, 0.1) is 37.8 Å². The van der Waals surface area contributed by atoms with Crippen LogP contribution in [0.4, 0.5) is 0 Å². The molecule has 2 fully saturated rings. The molecule has 4 heterocycles. The van der Waals surface area contributed by atoms with E-state index in [0.717, 1.165) is 72.0 Å². The van der Waals surface area contributed by atoms with E-state index in [1.54, 1.807) is 0 Å². The van der Waals surface area contributed by atoms with E-state index in [4.69, 9.17) is 32.1 Å². The van der Waals surface area contributed by atoms with Gasteiger partial charge < -0.3 is 9.13 Å². The molecule has 2 aliphatic rings. The van der Waals surface area contributed by atoms with Crippen molar-refractivity contribution in [2.45, 2.75) is 51.8 Å². The summed E-state index contributed by atoms with van der Waals surface area (Å²) < 4.78 is 27.0. The number of halogens is 3. The number of para-hydroxylation sites is 4. The lowest BCUT2D eigenvalue weighted by Crippen LogP contribution is -2.21. The Morgan fingerprint density at radius 3 is 1.49 bits per heavy atom. The molecule has 47 heavy (non-hydrogen) atoms. The molecule has 0 aliphatic carbocycles. The Balaban J connectivity index is 0.000000165. The van der Waals surface area contributed by atoms with Gasteiger partial charge in [0, 0.05) is 23.1 Å². The van der Waals surface area contributed by atoms with E-state index in [1.807, 2.05) is 70.1 Å². The minimum atomic E-state index is -1.58. The van der Waals surface area contributed by atoms with Crippen LogP contribution in [0.25, 0.3) is 22.1 Å². The third-order valence-corrected chi connectivity index (χ3v) is 9.33. The summed E-state index contributed by atoms with van der Waals surface area (Å²) in [5.74, 6) is 1.63. The van der Waals surface area contributed by atoms with E-state index in [0.29, 0.717) is 17.4 Å². The van der Waals surface area contributed by atoms with Gasteiger partial charge in [-0.05, 0) is 112 Å². The third-order valence-electron chi connectivity index (χ3n) is 8.82. The fourth-order valence-corrected chi connectivity index (χ4v) is 6.65. The Morgan fingerprint density at radius 1 is 0.553 bits per heavy atom. The van der Waals surface area contributed by atoms with Crippen LogP contribution in [-0.2, 0) is 26.1 Å². The maximum atomic E-state index is 8.73.